The van der Waals surface area contributed by atoms with Crippen molar-refractivity contribution in [2.45, 2.75) is 31.5 Å². The number of benzene rings is 1. The topological polar surface area (TPSA) is 102 Å². The van der Waals surface area contributed by atoms with E-state index in [4.69, 9.17) is 15.2 Å². The van der Waals surface area contributed by atoms with E-state index in [1.54, 1.807) is 0 Å². The van der Waals surface area contributed by atoms with Gasteiger partial charge in [0.25, 0.3) is 5.91 Å². The largest absolute Gasteiger partial charge is 0.488 e. The lowest BCUT2D eigenvalue weighted by Gasteiger charge is -2.30. The van der Waals surface area contributed by atoms with Crippen molar-refractivity contribution in [1.29, 1.82) is 0 Å². The number of nitrogen functional groups attached to an aromatic ring is 1. The lowest BCUT2D eigenvalue weighted by atomic mass is 10.00. The molecule has 3 fully saturated rings. The van der Waals surface area contributed by atoms with Gasteiger partial charge in [-0.05, 0) is 19.1 Å². The summed E-state index contributed by atoms with van der Waals surface area (Å²) in [5.41, 5.74) is 7.68. The number of nitrogens with zero attached hydrogens (tertiary/aromatic N) is 2. The molecule has 3 atom stereocenters. The van der Waals surface area contributed by atoms with Gasteiger partial charge >= 0.3 is 0 Å². The number of amides is 1. The van der Waals surface area contributed by atoms with Gasteiger partial charge in [0.15, 0.2) is 11.6 Å². The highest BCUT2D eigenvalue weighted by molar-refractivity contribution is 7.21. The average molecular weight is 502 g/mol. The molecular formula is C24H25F2N5O3S. The second-order valence-corrected chi connectivity index (χ2v) is 10.3. The molecular weight excluding hydrogens is 476 g/mol. The summed E-state index contributed by atoms with van der Waals surface area (Å²) in [7, 11) is 0. The lowest BCUT2D eigenvalue weighted by Crippen LogP contribution is -2.45. The van der Waals surface area contributed by atoms with E-state index >= 15 is 8.78 Å². The molecule has 184 valence electrons. The summed E-state index contributed by atoms with van der Waals surface area (Å²) >= 11 is 1.21. The second kappa shape index (κ2) is 8.58. The maximum Gasteiger partial charge on any atom is 0.263 e. The van der Waals surface area contributed by atoms with Gasteiger partial charge in [-0.25, -0.2) is 13.8 Å². The lowest BCUT2D eigenvalue weighted by molar-refractivity contribution is 0.0259. The van der Waals surface area contributed by atoms with Crippen LogP contribution in [0.5, 0.6) is 5.75 Å². The van der Waals surface area contributed by atoms with Gasteiger partial charge in [-0.2, -0.15) is 0 Å². The SMILES string of the molecule is Cc1ccc2c(N)c(C(=O)N[C@H]3COc4c(F)c(N5CC6COC(CN6)C5)cc(F)c4C3)sc2n1. The number of carbonyl (C=O) groups is 1. The smallest absolute Gasteiger partial charge is 0.263 e. The molecule has 1 aromatic carbocycles. The number of pyridine rings is 1. The fourth-order valence-electron chi connectivity index (χ4n) is 4.98. The number of ether oxygens (including phenoxy) is 2. The number of carbonyl (C=O) groups excluding carboxylic acids is 1. The van der Waals surface area contributed by atoms with Gasteiger partial charge in [-0.3, -0.25) is 4.79 Å². The normalized spacial score (nSPS) is 23.6. The van der Waals surface area contributed by atoms with Crippen molar-refractivity contribution in [1.82, 2.24) is 15.6 Å². The van der Waals surface area contributed by atoms with Gasteiger partial charge in [-0.1, -0.05) is 0 Å². The first-order chi connectivity index (χ1) is 16.9. The minimum absolute atomic E-state index is 0.0244. The van der Waals surface area contributed by atoms with Gasteiger partial charge in [-0.15, -0.1) is 11.3 Å². The van der Waals surface area contributed by atoms with Crippen LogP contribution >= 0.6 is 11.3 Å². The predicted molar refractivity (Wildman–Crippen MR) is 129 cm³/mol. The highest BCUT2D eigenvalue weighted by Crippen LogP contribution is 2.38. The molecule has 3 saturated heterocycles. The molecule has 11 heteroatoms. The number of hydrogen-bond donors (Lipinski definition) is 3. The van der Waals surface area contributed by atoms with Crippen LogP contribution in [0.15, 0.2) is 18.2 Å². The number of halogens is 2. The van der Waals surface area contributed by atoms with E-state index in [1.165, 1.54) is 17.4 Å². The molecule has 4 aliphatic rings. The van der Waals surface area contributed by atoms with Crippen LogP contribution in [0.1, 0.15) is 20.9 Å². The Morgan fingerprint density at radius 2 is 2.17 bits per heavy atom. The number of aryl methyl sites for hydroxylation is 1. The summed E-state index contributed by atoms with van der Waals surface area (Å²) in [5, 5.41) is 6.94. The van der Waals surface area contributed by atoms with Crippen LogP contribution in [-0.4, -0.2) is 61.9 Å². The summed E-state index contributed by atoms with van der Waals surface area (Å²) in [4.78, 5) is 20.2. The maximum atomic E-state index is 15.5. The predicted octanol–water partition coefficient (Wildman–Crippen LogP) is 2.38. The molecule has 8 nitrogen and oxygen atoms in total. The zero-order valence-electron chi connectivity index (χ0n) is 19.1. The molecule has 6 heterocycles. The minimum Gasteiger partial charge on any atom is -0.488 e. The van der Waals surface area contributed by atoms with Crippen LogP contribution in [0.4, 0.5) is 20.2 Å². The first-order valence-corrected chi connectivity index (χ1v) is 12.4. The van der Waals surface area contributed by atoms with E-state index in [0.29, 0.717) is 41.6 Å². The quantitative estimate of drug-likeness (QED) is 0.507. The summed E-state index contributed by atoms with van der Waals surface area (Å²) < 4.78 is 42.1. The van der Waals surface area contributed by atoms with Gasteiger partial charge in [0.05, 0.1) is 30.1 Å². The fourth-order valence-corrected chi connectivity index (χ4v) is 6.02. The van der Waals surface area contributed by atoms with Crippen molar-refractivity contribution in [2.75, 3.05) is 43.5 Å². The van der Waals surface area contributed by atoms with Crippen LogP contribution in [0.3, 0.4) is 0 Å². The molecule has 35 heavy (non-hydrogen) atoms. The summed E-state index contributed by atoms with van der Waals surface area (Å²) in [6.07, 6.45) is 0.0375. The Morgan fingerprint density at radius 1 is 1.31 bits per heavy atom. The third-order valence-corrected chi connectivity index (χ3v) is 7.89. The van der Waals surface area contributed by atoms with Crippen LogP contribution in [0.2, 0.25) is 0 Å². The third-order valence-electron chi connectivity index (χ3n) is 6.78. The Kier molecular flexibility index (Phi) is 5.50. The second-order valence-electron chi connectivity index (χ2n) is 9.30. The van der Waals surface area contributed by atoms with Crippen molar-refractivity contribution >= 4 is 38.8 Å². The highest BCUT2D eigenvalue weighted by Gasteiger charge is 2.35. The Hall–Kier alpha value is -3.02. The number of thiophene rings is 1. The number of morpholine rings is 1. The molecule has 2 bridgehead atoms. The number of nitrogens with two attached hydrogens (primary N) is 1. The standard InChI is InChI=1S/C24H25F2N5O3S/c1-11-2-3-15-20(27)22(35-24(15)29-11)23(32)30-12-4-16-17(25)5-18(19(26)21(16)34-9-12)31-7-13-10-33-14(8-31)6-28-13/h2-3,5,12-14,28H,4,6-10,27H2,1H3,(H,30,32)/t12-,13?,14?/m1/s1. The maximum absolute atomic E-state index is 15.5. The zero-order valence-corrected chi connectivity index (χ0v) is 19.9. The van der Waals surface area contributed by atoms with E-state index in [9.17, 15) is 4.79 Å². The van der Waals surface area contributed by atoms with E-state index in [2.05, 4.69) is 15.6 Å². The number of anilines is 2. The summed E-state index contributed by atoms with van der Waals surface area (Å²) in [5.74, 6) is -1.60. The Labute approximate surface area is 204 Å². The Balaban J connectivity index is 1.22. The summed E-state index contributed by atoms with van der Waals surface area (Å²) in [6, 6.07) is 4.44. The Morgan fingerprint density at radius 3 is 2.97 bits per heavy atom. The molecule has 2 aromatic heterocycles. The molecule has 0 radical (unpaired) electrons. The molecule has 4 aliphatic heterocycles. The number of aromatic nitrogens is 1. The molecule has 7 rings (SSSR count). The van der Waals surface area contributed by atoms with Gasteiger partial charge in [0, 0.05) is 54.8 Å². The van der Waals surface area contributed by atoms with Crippen molar-refractivity contribution in [3.8, 4) is 5.75 Å². The van der Waals surface area contributed by atoms with Crippen molar-refractivity contribution in [3.63, 3.8) is 0 Å². The van der Waals surface area contributed by atoms with E-state index in [-0.39, 0.29) is 48.1 Å². The number of rotatable bonds is 3. The van der Waals surface area contributed by atoms with Crippen LogP contribution in [0, 0.1) is 18.6 Å². The average Bonchev–Trinajstić information content (AvgIpc) is 2.98. The van der Waals surface area contributed by atoms with Gasteiger partial charge in [0.2, 0.25) is 0 Å². The molecule has 0 saturated carbocycles. The number of fused-ring (bicyclic) bond motifs is 6. The fraction of sp³-hybridized carbons (Fsp3) is 0.417. The molecule has 0 aliphatic carbocycles. The third kappa shape index (κ3) is 3.97. The number of hydrogen-bond acceptors (Lipinski definition) is 8. The first-order valence-electron chi connectivity index (χ1n) is 11.6. The zero-order chi connectivity index (χ0) is 24.3. The highest BCUT2D eigenvalue weighted by atomic mass is 32.1. The molecule has 3 aromatic rings. The van der Waals surface area contributed by atoms with E-state index in [1.807, 2.05) is 24.0 Å². The molecule has 2 unspecified atom stereocenters. The number of nitrogens with one attached hydrogen (secondary N) is 2. The molecule has 4 N–H and O–H groups in total. The monoisotopic (exact) mass is 501 g/mol. The van der Waals surface area contributed by atoms with Gasteiger partial charge in [0.1, 0.15) is 22.1 Å². The van der Waals surface area contributed by atoms with Crippen molar-refractivity contribution in [3.05, 3.63) is 46.0 Å². The van der Waals surface area contributed by atoms with E-state index in [0.717, 1.165) is 11.1 Å². The van der Waals surface area contributed by atoms with Crippen LogP contribution < -0.4 is 26.0 Å². The van der Waals surface area contributed by atoms with Crippen molar-refractivity contribution < 1.29 is 23.0 Å². The first kappa shape index (κ1) is 22.4. The van der Waals surface area contributed by atoms with Crippen molar-refractivity contribution in [2.24, 2.45) is 0 Å². The van der Waals surface area contributed by atoms with E-state index < -0.39 is 17.7 Å². The Bertz CT molecular complexity index is 1310. The van der Waals surface area contributed by atoms with Crippen LogP contribution in [0.25, 0.3) is 10.2 Å². The van der Waals surface area contributed by atoms with Gasteiger partial charge < -0.3 is 30.7 Å². The minimum atomic E-state index is -0.581. The molecule has 0 spiro atoms. The summed E-state index contributed by atoms with van der Waals surface area (Å²) in [6.45, 7) is 4.13. The molecule has 1 amide bonds. The van der Waals surface area contributed by atoms with Crippen LogP contribution in [-0.2, 0) is 11.2 Å².